The molecule has 0 heterocycles. The number of aliphatic hydroxyl groups excluding tert-OH is 1. The van der Waals surface area contributed by atoms with Crippen molar-refractivity contribution >= 4 is 0 Å². The minimum Gasteiger partial charge on any atom is -0.393 e. The molecule has 0 aliphatic rings. The number of unbranched alkanes of at least 4 members (excludes halogenated alkanes) is 3. The summed E-state index contributed by atoms with van der Waals surface area (Å²) in [6.07, 6.45) is 8.50. The fraction of sp³-hybridized carbons (Fsp3) is 1.00. The van der Waals surface area contributed by atoms with Gasteiger partial charge in [0, 0.05) is 0 Å². The monoisotopic (exact) mass is 230 g/mol. The van der Waals surface area contributed by atoms with Gasteiger partial charge in [-0.25, -0.2) is 0 Å². The maximum Gasteiger partial charge on any atom is 0.0576 e. The van der Waals surface area contributed by atoms with E-state index in [1.807, 2.05) is 6.92 Å². The number of aliphatic hydroxyl groups is 1. The lowest BCUT2D eigenvalue weighted by Crippen LogP contribution is -2.22. The average molecular weight is 230 g/mol. The molecule has 0 aromatic carbocycles. The van der Waals surface area contributed by atoms with E-state index < -0.39 is 0 Å². The van der Waals surface area contributed by atoms with E-state index in [2.05, 4.69) is 20.8 Å². The van der Waals surface area contributed by atoms with Gasteiger partial charge in [-0.1, -0.05) is 39.5 Å². The summed E-state index contributed by atoms with van der Waals surface area (Å²) in [5.41, 5.74) is 0. The maximum absolute atomic E-state index is 9.27. The molecule has 3 atom stereocenters. The Bertz CT molecular complexity index is 146. The molecule has 0 unspecified atom stereocenters. The first-order valence-electron chi connectivity index (χ1n) is 6.93. The molecule has 0 radical (unpaired) electrons. The molecule has 2 nitrogen and oxygen atoms in total. The third-order valence-electron chi connectivity index (χ3n) is 2.93. The predicted octanol–water partition coefficient (Wildman–Crippen LogP) is 3.91. The molecule has 0 aliphatic carbocycles. The smallest absolute Gasteiger partial charge is 0.0576 e. The van der Waals surface area contributed by atoms with Crippen molar-refractivity contribution in [2.24, 2.45) is 0 Å². The van der Waals surface area contributed by atoms with Crippen molar-refractivity contribution < 1.29 is 9.84 Å². The topological polar surface area (TPSA) is 29.5 Å². The van der Waals surface area contributed by atoms with Crippen LogP contribution in [0.5, 0.6) is 0 Å². The lowest BCUT2D eigenvalue weighted by molar-refractivity contribution is -0.0297. The summed E-state index contributed by atoms with van der Waals surface area (Å²) in [6, 6.07) is 0. The Balaban J connectivity index is 3.64. The SMILES string of the molecule is CCCCCC[C@H](CC)O[C@H](C)C[C@@H](C)O. The summed E-state index contributed by atoms with van der Waals surface area (Å²) < 4.78 is 5.93. The highest BCUT2D eigenvalue weighted by atomic mass is 16.5. The Hall–Kier alpha value is -0.0800. The summed E-state index contributed by atoms with van der Waals surface area (Å²) in [6.45, 7) is 8.29. The third-order valence-corrected chi connectivity index (χ3v) is 2.93. The van der Waals surface area contributed by atoms with Gasteiger partial charge in [0.25, 0.3) is 0 Å². The highest BCUT2D eigenvalue weighted by molar-refractivity contribution is 4.62. The van der Waals surface area contributed by atoms with Crippen LogP contribution in [0.15, 0.2) is 0 Å². The number of hydrogen-bond acceptors (Lipinski definition) is 2. The van der Waals surface area contributed by atoms with Gasteiger partial charge in [-0.05, 0) is 33.1 Å². The van der Waals surface area contributed by atoms with Gasteiger partial charge in [0.1, 0.15) is 0 Å². The Morgan fingerprint density at radius 1 is 1.06 bits per heavy atom. The van der Waals surface area contributed by atoms with Crippen molar-refractivity contribution in [2.75, 3.05) is 0 Å². The van der Waals surface area contributed by atoms with E-state index >= 15 is 0 Å². The van der Waals surface area contributed by atoms with E-state index in [9.17, 15) is 5.11 Å². The van der Waals surface area contributed by atoms with Gasteiger partial charge < -0.3 is 9.84 Å². The summed E-state index contributed by atoms with van der Waals surface area (Å²) >= 11 is 0. The highest BCUT2D eigenvalue weighted by Gasteiger charge is 2.12. The second kappa shape index (κ2) is 10.1. The van der Waals surface area contributed by atoms with Crippen molar-refractivity contribution in [3.63, 3.8) is 0 Å². The molecule has 16 heavy (non-hydrogen) atoms. The zero-order valence-corrected chi connectivity index (χ0v) is 11.5. The molecule has 0 aliphatic heterocycles. The van der Waals surface area contributed by atoms with E-state index in [0.717, 1.165) is 12.8 Å². The fourth-order valence-electron chi connectivity index (χ4n) is 2.03. The van der Waals surface area contributed by atoms with Crippen LogP contribution in [0.4, 0.5) is 0 Å². The summed E-state index contributed by atoms with van der Waals surface area (Å²) in [5.74, 6) is 0. The molecule has 0 aromatic heterocycles. The summed E-state index contributed by atoms with van der Waals surface area (Å²) in [4.78, 5) is 0. The van der Waals surface area contributed by atoms with E-state index in [1.165, 1.54) is 32.1 Å². The van der Waals surface area contributed by atoms with Crippen LogP contribution < -0.4 is 0 Å². The van der Waals surface area contributed by atoms with Gasteiger partial charge in [0.05, 0.1) is 18.3 Å². The van der Waals surface area contributed by atoms with Gasteiger partial charge in [-0.15, -0.1) is 0 Å². The van der Waals surface area contributed by atoms with Gasteiger partial charge in [-0.2, -0.15) is 0 Å². The van der Waals surface area contributed by atoms with Crippen molar-refractivity contribution in [3.05, 3.63) is 0 Å². The third kappa shape index (κ3) is 9.17. The van der Waals surface area contributed by atoms with Crippen molar-refractivity contribution in [1.29, 1.82) is 0 Å². The van der Waals surface area contributed by atoms with Crippen LogP contribution in [0.3, 0.4) is 0 Å². The molecule has 98 valence electrons. The van der Waals surface area contributed by atoms with E-state index in [4.69, 9.17) is 4.74 Å². The van der Waals surface area contributed by atoms with Crippen molar-refractivity contribution in [1.82, 2.24) is 0 Å². The molecule has 0 saturated carbocycles. The molecule has 0 rings (SSSR count). The van der Waals surface area contributed by atoms with Crippen molar-refractivity contribution in [3.8, 4) is 0 Å². The van der Waals surface area contributed by atoms with Gasteiger partial charge in [-0.3, -0.25) is 0 Å². The fourth-order valence-corrected chi connectivity index (χ4v) is 2.03. The minimum atomic E-state index is -0.257. The normalized spacial score (nSPS) is 17.1. The van der Waals surface area contributed by atoms with Gasteiger partial charge in [0.15, 0.2) is 0 Å². The Kier molecular flexibility index (Phi) is 10.0. The molecular weight excluding hydrogens is 200 g/mol. The van der Waals surface area contributed by atoms with Crippen LogP contribution in [0.1, 0.15) is 72.6 Å². The van der Waals surface area contributed by atoms with E-state index in [-0.39, 0.29) is 12.2 Å². The van der Waals surface area contributed by atoms with Crippen LogP contribution in [0.25, 0.3) is 0 Å². The quantitative estimate of drug-likeness (QED) is 0.577. The lowest BCUT2D eigenvalue weighted by atomic mass is 10.1. The Morgan fingerprint density at radius 2 is 1.75 bits per heavy atom. The van der Waals surface area contributed by atoms with Crippen molar-refractivity contribution in [2.45, 2.75) is 91.0 Å². The standard InChI is InChI=1S/C14H30O2/c1-5-7-8-9-10-14(6-2)16-13(4)11-12(3)15/h12-15H,5-11H2,1-4H3/t12-,13-,14+/m1/s1. The highest BCUT2D eigenvalue weighted by Crippen LogP contribution is 2.14. The van der Waals surface area contributed by atoms with Crippen LogP contribution in [-0.4, -0.2) is 23.4 Å². The number of rotatable bonds is 10. The van der Waals surface area contributed by atoms with E-state index in [1.54, 1.807) is 0 Å². The molecule has 0 amide bonds. The van der Waals surface area contributed by atoms with E-state index in [0.29, 0.717) is 6.10 Å². The maximum atomic E-state index is 9.27. The second-order valence-corrected chi connectivity index (χ2v) is 4.91. The Labute approximate surface area is 101 Å². The lowest BCUT2D eigenvalue weighted by Gasteiger charge is -2.22. The summed E-state index contributed by atoms with van der Waals surface area (Å²) in [7, 11) is 0. The molecule has 1 N–H and O–H groups in total. The summed E-state index contributed by atoms with van der Waals surface area (Å²) in [5, 5.41) is 9.27. The predicted molar refractivity (Wildman–Crippen MR) is 69.7 cm³/mol. The first-order chi connectivity index (χ1) is 7.60. The van der Waals surface area contributed by atoms with Crippen LogP contribution >= 0.6 is 0 Å². The molecule has 0 bridgehead atoms. The van der Waals surface area contributed by atoms with Crippen LogP contribution in [0, 0.1) is 0 Å². The Morgan fingerprint density at radius 3 is 2.25 bits per heavy atom. The number of ether oxygens (including phenoxy) is 1. The first kappa shape index (κ1) is 15.9. The molecular formula is C14H30O2. The van der Waals surface area contributed by atoms with Crippen LogP contribution in [0.2, 0.25) is 0 Å². The molecule has 0 spiro atoms. The average Bonchev–Trinajstić information content (AvgIpc) is 2.21. The zero-order chi connectivity index (χ0) is 12.4. The number of hydrogen-bond donors (Lipinski definition) is 1. The second-order valence-electron chi connectivity index (χ2n) is 4.91. The van der Waals surface area contributed by atoms with Gasteiger partial charge in [0.2, 0.25) is 0 Å². The largest absolute Gasteiger partial charge is 0.393 e. The molecule has 0 saturated heterocycles. The minimum absolute atomic E-state index is 0.177. The molecule has 0 aromatic rings. The zero-order valence-electron chi connectivity index (χ0n) is 11.5. The van der Waals surface area contributed by atoms with Crippen LogP contribution in [-0.2, 0) is 4.74 Å². The molecule has 0 fully saturated rings. The van der Waals surface area contributed by atoms with Gasteiger partial charge >= 0.3 is 0 Å². The first-order valence-corrected chi connectivity index (χ1v) is 6.93. The molecule has 2 heteroatoms.